The molecule has 0 saturated carbocycles. The van der Waals surface area contributed by atoms with Crippen LogP contribution in [0.5, 0.6) is 0 Å². The highest BCUT2D eigenvalue weighted by Crippen LogP contribution is 2.60. The van der Waals surface area contributed by atoms with Crippen LogP contribution in [-0.4, -0.2) is 23.3 Å². The number of benzene rings is 1. The van der Waals surface area contributed by atoms with Gasteiger partial charge >= 0.3 is 0 Å². The third-order valence-corrected chi connectivity index (χ3v) is 4.06. The Morgan fingerprint density at radius 2 is 1.32 bits per heavy atom. The Labute approximate surface area is 111 Å². The number of fused-ring (bicyclic) bond motifs is 2. The highest BCUT2D eigenvalue weighted by molar-refractivity contribution is 6.06. The topological polar surface area (TPSA) is 53.2 Å². The van der Waals surface area contributed by atoms with Gasteiger partial charge in [0.25, 0.3) is 0 Å². The van der Waals surface area contributed by atoms with Crippen LogP contribution in [0.25, 0.3) is 0 Å². The molecule has 0 N–H and O–H groups in total. The Morgan fingerprint density at radius 1 is 0.947 bits per heavy atom. The number of nitrogens with zero attached hydrogens (tertiary/aromatic N) is 2. The molecule has 2 amide bonds. The Hall–Kier alpha value is -1.88. The smallest absolute Gasteiger partial charge is 0.226 e. The molecular weight excluding hydrogens is 244 g/mol. The molecule has 2 atom stereocenters. The van der Waals surface area contributed by atoms with Crippen LogP contribution in [0.15, 0.2) is 24.3 Å². The summed E-state index contributed by atoms with van der Waals surface area (Å²) < 4.78 is 5.79. The van der Waals surface area contributed by atoms with Crippen LogP contribution in [0.4, 0.5) is 11.4 Å². The lowest BCUT2D eigenvalue weighted by Gasteiger charge is -2.40. The van der Waals surface area contributed by atoms with E-state index >= 15 is 0 Å². The second kappa shape index (κ2) is 3.36. The lowest BCUT2D eigenvalue weighted by atomic mass is 10.0. The van der Waals surface area contributed by atoms with Crippen molar-refractivity contribution in [2.24, 2.45) is 0 Å². The summed E-state index contributed by atoms with van der Waals surface area (Å²) in [5.74, 6) is -0.191. The standard InChI is InChI=1S/C14H16N2O3/c1-9(17)15-11-7-5-6-8-12(11)16(10(2)18)14(4)13(15,3)19-14/h5-8H,1-4H3. The van der Waals surface area contributed by atoms with Crippen LogP contribution in [0, 0.1) is 0 Å². The third kappa shape index (κ3) is 1.28. The van der Waals surface area contributed by atoms with Crippen LogP contribution in [0.3, 0.4) is 0 Å². The summed E-state index contributed by atoms with van der Waals surface area (Å²) >= 11 is 0. The van der Waals surface area contributed by atoms with Gasteiger partial charge in [0.2, 0.25) is 11.8 Å². The first kappa shape index (κ1) is 12.2. The van der Waals surface area contributed by atoms with Crippen LogP contribution < -0.4 is 9.80 Å². The molecular formula is C14H16N2O3. The van der Waals surface area contributed by atoms with Crippen LogP contribution in [-0.2, 0) is 14.3 Å². The number of carbonyl (C=O) groups excluding carboxylic acids is 2. The molecule has 0 spiro atoms. The number of amides is 2. The fourth-order valence-corrected chi connectivity index (χ4v) is 3.11. The number of rotatable bonds is 0. The summed E-state index contributed by atoms with van der Waals surface area (Å²) in [5, 5.41) is 0. The molecule has 5 heteroatoms. The van der Waals surface area contributed by atoms with Gasteiger partial charge in [-0.05, 0) is 26.0 Å². The Balaban J connectivity index is 2.27. The van der Waals surface area contributed by atoms with Crippen LogP contribution >= 0.6 is 0 Å². The summed E-state index contributed by atoms with van der Waals surface area (Å²) in [7, 11) is 0. The number of epoxide rings is 1. The largest absolute Gasteiger partial charge is 0.319 e. The summed E-state index contributed by atoms with van der Waals surface area (Å²) in [6, 6.07) is 7.36. The van der Waals surface area contributed by atoms with Gasteiger partial charge in [0.1, 0.15) is 0 Å². The van der Waals surface area contributed by atoms with Gasteiger partial charge in [-0.2, -0.15) is 0 Å². The van der Waals surface area contributed by atoms with Gasteiger partial charge in [0, 0.05) is 13.8 Å². The zero-order chi connectivity index (χ0) is 14.0. The average molecular weight is 260 g/mol. The monoisotopic (exact) mass is 260 g/mol. The fourth-order valence-electron chi connectivity index (χ4n) is 3.11. The average Bonchev–Trinajstić information content (AvgIpc) is 2.85. The van der Waals surface area contributed by atoms with Gasteiger partial charge in [-0.25, -0.2) is 0 Å². The molecule has 1 fully saturated rings. The highest BCUT2D eigenvalue weighted by Gasteiger charge is 2.75. The molecule has 2 aliphatic rings. The first-order chi connectivity index (χ1) is 8.83. The van der Waals surface area contributed by atoms with E-state index in [2.05, 4.69) is 0 Å². The van der Waals surface area contributed by atoms with E-state index in [1.807, 2.05) is 38.1 Å². The van der Waals surface area contributed by atoms with Gasteiger partial charge < -0.3 is 4.74 Å². The first-order valence-corrected chi connectivity index (χ1v) is 6.24. The molecule has 5 nitrogen and oxygen atoms in total. The van der Waals surface area contributed by atoms with E-state index in [0.29, 0.717) is 11.4 Å². The molecule has 1 aromatic carbocycles. The van der Waals surface area contributed by atoms with E-state index in [1.54, 1.807) is 9.80 Å². The molecule has 2 aliphatic heterocycles. The molecule has 0 aromatic heterocycles. The maximum absolute atomic E-state index is 12.0. The van der Waals surface area contributed by atoms with Crippen molar-refractivity contribution in [3.8, 4) is 0 Å². The van der Waals surface area contributed by atoms with Gasteiger partial charge in [-0.1, -0.05) is 12.1 Å². The van der Waals surface area contributed by atoms with Crippen molar-refractivity contribution in [2.45, 2.75) is 39.1 Å². The number of anilines is 2. The second-order valence-corrected chi connectivity index (χ2v) is 5.27. The molecule has 100 valence electrons. The SMILES string of the molecule is CC(=O)N1c2ccccc2N(C(C)=O)C2(C)OC12C. The van der Waals surface area contributed by atoms with Crippen molar-refractivity contribution < 1.29 is 14.3 Å². The zero-order valence-corrected chi connectivity index (χ0v) is 11.4. The molecule has 19 heavy (non-hydrogen) atoms. The number of carbonyl (C=O) groups is 2. The van der Waals surface area contributed by atoms with Crippen molar-refractivity contribution in [3.63, 3.8) is 0 Å². The van der Waals surface area contributed by atoms with E-state index in [1.165, 1.54) is 13.8 Å². The first-order valence-electron chi connectivity index (χ1n) is 6.24. The minimum absolute atomic E-state index is 0.0955. The molecule has 1 saturated heterocycles. The summed E-state index contributed by atoms with van der Waals surface area (Å²) in [4.78, 5) is 27.2. The minimum Gasteiger partial charge on any atom is -0.319 e. The van der Waals surface area contributed by atoms with Crippen molar-refractivity contribution in [1.82, 2.24) is 0 Å². The van der Waals surface area contributed by atoms with Gasteiger partial charge in [0.05, 0.1) is 11.4 Å². The fraction of sp³-hybridized carbons (Fsp3) is 0.429. The van der Waals surface area contributed by atoms with Gasteiger partial charge in [0.15, 0.2) is 11.4 Å². The van der Waals surface area contributed by atoms with Gasteiger partial charge in [-0.15, -0.1) is 0 Å². The summed E-state index contributed by atoms with van der Waals surface area (Å²) in [6.45, 7) is 6.68. The summed E-state index contributed by atoms with van der Waals surface area (Å²) in [5.41, 5.74) is -0.164. The Kier molecular flexibility index (Phi) is 2.15. The van der Waals surface area contributed by atoms with E-state index in [4.69, 9.17) is 4.74 Å². The molecule has 0 bridgehead atoms. The molecule has 1 aromatic rings. The minimum atomic E-state index is -0.793. The maximum atomic E-state index is 12.0. The van der Waals surface area contributed by atoms with E-state index in [9.17, 15) is 9.59 Å². The summed E-state index contributed by atoms with van der Waals surface area (Å²) in [6.07, 6.45) is 0. The van der Waals surface area contributed by atoms with Crippen LogP contribution in [0.2, 0.25) is 0 Å². The van der Waals surface area contributed by atoms with E-state index < -0.39 is 11.4 Å². The molecule has 0 radical (unpaired) electrons. The lowest BCUT2D eigenvalue weighted by Crippen LogP contribution is -2.56. The zero-order valence-electron chi connectivity index (χ0n) is 11.4. The number of ether oxygens (including phenoxy) is 1. The Morgan fingerprint density at radius 3 is 1.63 bits per heavy atom. The van der Waals surface area contributed by atoms with Crippen molar-refractivity contribution >= 4 is 23.2 Å². The van der Waals surface area contributed by atoms with Crippen molar-refractivity contribution in [1.29, 1.82) is 0 Å². The molecule has 2 heterocycles. The number of para-hydroxylation sites is 2. The van der Waals surface area contributed by atoms with E-state index in [-0.39, 0.29) is 11.8 Å². The van der Waals surface area contributed by atoms with Crippen molar-refractivity contribution in [3.05, 3.63) is 24.3 Å². The van der Waals surface area contributed by atoms with Crippen LogP contribution in [0.1, 0.15) is 27.7 Å². The maximum Gasteiger partial charge on any atom is 0.226 e. The number of hydrogen-bond donors (Lipinski definition) is 0. The predicted molar refractivity (Wildman–Crippen MR) is 70.7 cm³/mol. The molecule has 3 rings (SSSR count). The molecule has 0 aliphatic carbocycles. The highest BCUT2D eigenvalue weighted by atomic mass is 16.7. The van der Waals surface area contributed by atoms with E-state index in [0.717, 1.165) is 0 Å². The van der Waals surface area contributed by atoms with Gasteiger partial charge in [-0.3, -0.25) is 19.4 Å². The normalized spacial score (nSPS) is 31.6. The lowest BCUT2D eigenvalue weighted by molar-refractivity contribution is -0.119. The third-order valence-electron chi connectivity index (χ3n) is 4.06. The molecule has 2 unspecified atom stereocenters. The van der Waals surface area contributed by atoms with Crippen molar-refractivity contribution in [2.75, 3.05) is 9.80 Å². The Bertz CT molecular complexity index is 549. The number of hydrogen-bond acceptors (Lipinski definition) is 3. The quantitative estimate of drug-likeness (QED) is 0.669. The predicted octanol–water partition coefficient (Wildman–Crippen LogP) is 1.87. The second-order valence-electron chi connectivity index (χ2n) is 5.27.